The normalized spacial score (nSPS) is 10.3. The first-order valence-corrected chi connectivity index (χ1v) is 6.24. The Morgan fingerprint density at radius 1 is 1.50 bits per heavy atom. The van der Waals surface area contributed by atoms with Crippen molar-refractivity contribution in [3.8, 4) is 5.75 Å². The van der Waals surface area contributed by atoms with E-state index in [1.165, 1.54) is 11.3 Å². The number of carboxylic acid groups (broad SMARTS) is 1. The van der Waals surface area contributed by atoms with Crippen LogP contribution in [0.4, 0.5) is 0 Å². The second-order valence-electron chi connectivity index (χ2n) is 3.85. The molecular weight excluding hydrogens is 250 g/mol. The molecule has 0 aliphatic rings. The van der Waals surface area contributed by atoms with Gasteiger partial charge in [-0.3, -0.25) is 0 Å². The van der Waals surface area contributed by atoms with Crippen LogP contribution in [-0.2, 0) is 6.42 Å². The molecule has 94 valence electrons. The number of rotatable bonds is 4. The van der Waals surface area contributed by atoms with Crippen molar-refractivity contribution >= 4 is 17.3 Å². The second-order valence-corrected chi connectivity index (χ2v) is 5.13. The number of carboxylic acids is 1. The first-order chi connectivity index (χ1) is 8.60. The molecule has 5 heteroatoms. The van der Waals surface area contributed by atoms with Crippen LogP contribution >= 0.6 is 11.3 Å². The summed E-state index contributed by atoms with van der Waals surface area (Å²) in [6.07, 6.45) is 0.621. The lowest BCUT2D eigenvalue weighted by Crippen LogP contribution is -1.99. The fourth-order valence-electron chi connectivity index (χ4n) is 1.68. The van der Waals surface area contributed by atoms with E-state index >= 15 is 0 Å². The molecule has 0 spiro atoms. The highest BCUT2D eigenvalue weighted by molar-refractivity contribution is 7.11. The fraction of sp³-hybridized carbons (Fsp3) is 0.231. The Balaban J connectivity index is 2.23. The van der Waals surface area contributed by atoms with Gasteiger partial charge >= 0.3 is 5.97 Å². The Morgan fingerprint density at radius 2 is 2.28 bits per heavy atom. The molecule has 0 aliphatic heterocycles. The fourth-order valence-corrected chi connectivity index (χ4v) is 2.64. The smallest absolute Gasteiger partial charge is 0.355 e. The number of hydrogen-bond donors (Lipinski definition) is 1. The minimum Gasteiger partial charge on any atom is -0.497 e. The summed E-state index contributed by atoms with van der Waals surface area (Å²) in [5, 5.41) is 9.76. The van der Waals surface area contributed by atoms with Gasteiger partial charge in [-0.25, -0.2) is 9.78 Å². The quantitative estimate of drug-likeness (QED) is 0.921. The van der Waals surface area contributed by atoms with E-state index in [4.69, 9.17) is 9.84 Å². The molecule has 2 aromatic rings. The van der Waals surface area contributed by atoms with Crippen LogP contribution in [0.15, 0.2) is 24.3 Å². The van der Waals surface area contributed by atoms with Crippen molar-refractivity contribution in [3.05, 3.63) is 45.4 Å². The van der Waals surface area contributed by atoms with Crippen LogP contribution in [0.3, 0.4) is 0 Å². The molecule has 0 fully saturated rings. The summed E-state index contributed by atoms with van der Waals surface area (Å²) in [6, 6.07) is 7.68. The molecule has 0 saturated heterocycles. The molecule has 4 nitrogen and oxygen atoms in total. The maximum Gasteiger partial charge on any atom is 0.355 e. The Labute approximate surface area is 109 Å². The number of ether oxygens (including phenoxy) is 1. The van der Waals surface area contributed by atoms with Crippen molar-refractivity contribution in [1.82, 2.24) is 4.98 Å². The van der Waals surface area contributed by atoms with Gasteiger partial charge < -0.3 is 9.84 Å². The number of aromatic carboxylic acids is 1. The van der Waals surface area contributed by atoms with Crippen molar-refractivity contribution in [1.29, 1.82) is 0 Å². The number of aromatic nitrogens is 1. The predicted octanol–water partition coefficient (Wildman–Crippen LogP) is 2.75. The third kappa shape index (κ3) is 2.68. The zero-order chi connectivity index (χ0) is 13.1. The van der Waals surface area contributed by atoms with E-state index in [0.717, 1.165) is 21.2 Å². The van der Waals surface area contributed by atoms with E-state index in [1.807, 2.05) is 24.3 Å². The highest BCUT2D eigenvalue weighted by Gasteiger charge is 2.14. The average Bonchev–Trinajstić information content (AvgIpc) is 2.70. The number of benzene rings is 1. The molecule has 0 aliphatic carbocycles. The van der Waals surface area contributed by atoms with Crippen LogP contribution in [0.5, 0.6) is 5.75 Å². The van der Waals surface area contributed by atoms with Crippen LogP contribution in [0, 0.1) is 6.92 Å². The molecule has 1 aromatic heterocycles. The van der Waals surface area contributed by atoms with Gasteiger partial charge in [-0.15, -0.1) is 11.3 Å². The second kappa shape index (κ2) is 5.18. The van der Waals surface area contributed by atoms with Crippen LogP contribution < -0.4 is 4.74 Å². The van der Waals surface area contributed by atoms with Crippen LogP contribution in [0.2, 0.25) is 0 Å². The first kappa shape index (κ1) is 12.6. The number of hydrogen-bond acceptors (Lipinski definition) is 4. The van der Waals surface area contributed by atoms with Crippen molar-refractivity contribution in [2.75, 3.05) is 7.11 Å². The summed E-state index contributed by atoms with van der Waals surface area (Å²) in [6.45, 7) is 1.77. The Bertz CT molecular complexity index is 577. The van der Waals surface area contributed by atoms with Gasteiger partial charge in [0.05, 0.1) is 12.1 Å². The topological polar surface area (TPSA) is 59.4 Å². The van der Waals surface area contributed by atoms with Crippen molar-refractivity contribution in [3.63, 3.8) is 0 Å². The zero-order valence-corrected chi connectivity index (χ0v) is 11.0. The number of thiazole rings is 1. The standard InChI is InChI=1S/C13H13NO3S/c1-8-12(13(15)16)14-11(18-8)7-9-4-3-5-10(6-9)17-2/h3-6H,7H2,1-2H3,(H,15,16). The van der Waals surface area contributed by atoms with Gasteiger partial charge in [-0.2, -0.15) is 0 Å². The van der Waals surface area contributed by atoms with E-state index < -0.39 is 5.97 Å². The van der Waals surface area contributed by atoms with E-state index in [1.54, 1.807) is 14.0 Å². The van der Waals surface area contributed by atoms with Crippen LogP contribution in [-0.4, -0.2) is 23.2 Å². The summed E-state index contributed by atoms with van der Waals surface area (Å²) >= 11 is 1.42. The maximum absolute atomic E-state index is 10.9. The van der Waals surface area contributed by atoms with Crippen LogP contribution in [0.1, 0.15) is 25.9 Å². The van der Waals surface area contributed by atoms with Gasteiger partial charge in [0.2, 0.25) is 0 Å². The van der Waals surface area contributed by atoms with Gasteiger partial charge in [0.15, 0.2) is 5.69 Å². The van der Waals surface area contributed by atoms with Crippen molar-refractivity contribution in [2.45, 2.75) is 13.3 Å². The molecule has 0 amide bonds. The molecule has 1 N–H and O–H groups in total. The Hall–Kier alpha value is -1.88. The highest BCUT2D eigenvalue weighted by Crippen LogP contribution is 2.22. The first-order valence-electron chi connectivity index (χ1n) is 5.42. The highest BCUT2D eigenvalue weighted by atomic mass is 32.1. The Kier molecular flexibility index (Phi) is 3.62. The largest absolute Gasteiger partial charge is 0.497 e. The summed E-state index contributed by atoms with van der Waals surface area (Å²) in [4.78, 5) is 15.8. The molecule has 0 atom stereocenters. The SMILES string of the molecule is COc1cccc(Cc2nc(C(=O)O)c(C)s2)c1. The van der Waals surface area contributed by atoms with Crippen molar-refractivity contribution < 1.29 is 14.6 Å². The minimum atomic E-state index is -0.972. The molecule has 1 heterocycles. The summed E-state index contributed by atoms with van der Waals surface area (Å²) < 4.78 is 5.15. The number of methoxy groups -OCH3 is 1. The third-order valence-electron chi connectivity index (χ3n) is 2.53. The van der Waals surface area contributed by atoms with E-state index in [2.05, 4.69) is 4.98 Å². The van der Waals surface area contributed by atoms with Gasteiger partial charge in [0.1, 0.15) is 5.75 Å². The van der Waals surface area contributed by atoms with E-state index in [9.17, 15) is 4.79 Å². The molecule has 0 radical (unpaired) electrons. The van der Waals surface area contributed by atoms with E-state index in [-0.39, 0.29) is 5.69 Å². The molecule has 1 aromatic carbocycles. The maximum atomic E-state index is 10.9. The van der Waals surface area contributed by atoms with Gasteiger partial charge in [0, 0.05) is 11.3 Å². The summed E-state index contributed by atoms with van der Waals surface area (Å²) in [5.41, 5.74) is 1.21. The molecule has 2 rings (SSSR count). The zero-order valence-electron chi connectivity index (χ0n) is 10.1. The third-order valence-corrected chi connectivity index (χ3v) is 3.50. The monoisotopic (exact) mass is 263 g/mol. The summed E-state index contributed by atoms with van der Waals surface area (Å²) in [7, 11) is 1.62. The number of nitrogens with zero attached hydrogens (tertiary/aromatic N) is 1. The van der Waals surface area contributed by atoms with Gasteiger partial charge in [0.25, 0.3) is 0 Å². The lowest BCUT2D eigenvalue weighted by molar-refractivity contribution is 0.0690. The predicted molar refractivity (Wildman–Crippen MR) is 69.6 cm³/mol. The average molecular weight is 263 g/mol. The number of carbonyl (C=O) groups is 1. The van der Waals surface area contributed by atoms with Crippen LogP contribution in [0.25, 0.3) is 0 Å². The molecule has 18 heavy (non-hydrogen) atoms. The Morgan fingerprint density at radius 3 is 2.89 bits per heavy atom. The van der Waals surface area contributed by atoms with E-state index in [0.29, 0.717) is 6.42 Å². The lowest BCUT2D eigenvalue weighted by Gasteiger charge is -2.02. The molecular formula is C13H13NO3S. The van der Waals surface area contributed by atoms with Gasteiger partial charge in [-0.05, 0) is 24.6 Å². The van der Waals surface area contributed by atoms with Gasteiger partial charge in [-0.1, -0.05) is 12.1 Å². The molecule has 0 saturated carbocycles. The summed E-state index contributed by atoms with van der Waals surface area (Å²) in [5.74, 6) is -0.181. The molecule has 0 unspecified atom stereocenters. The lowest BCUT2D eigenvalue weighted by atomic mass is 10.1. The molecule has 0 bridgehead atoms. The minimum absolute atomic E-state index is 0.151. The number of aryl methyl sites for hydroxylation is 1. The van der Waals surface area contributed by atoms with Crippen molar-refractivity contribution in [2.24, 2.45) is 0 Å².